The fourth-order valence-electron chi connectivity index (χ4n) is 4.56. The van der Waals surface area contributed by atoms with E-state index in [2.05, 4.69) is 0 Å². The summed E-state index contributed by atoms with van der Waals surface area (Å²) in [5.74, 6) is -1.15. The van der Waals surface area contributed by atoms with Crippen molar-refractivity contribution >= 4 is 23.2 Å². The third-order valence-electron chi connectivity index (χ3n) is 6.46. The van der Waals surface area contributed by atoms with Crippen LogP contribution in [-0.4, -0.2) is 34.2 Å². The van der Waals surface area contributed by atoms with Gasteiger partial charge in [0.2, 0.25) is 5.91 Å². The van der Waals surface area contributed by atoms with Gasteiger partial charge < -0.3 is 9.80 Å². The number of thiophene rings is 1. The smallest absolute Gasteiger partial charge is 0.254 e. The Labute approximate surface area is 209 Å². The molecule has 0 unspecified atom stereocenters. The third kappa shape index (κ3) is 6.75. The molecule has 4 nitrogen and oxygen atoms in total. The SMILES string of the molecule is Cc1ccc(CN(Cc2ccc(F)cc2)C(=O)CN(C(=O)c2ccc(F)cc2)C2CCCCC2)s1. The van der Waals surface area contributed by atoms with Gasteiger partial charge in [0.15, 0.2) is 0 Å². The van der Waals surface area contributed by atoms with Crippen molar-refractivity contribution in [1.29, 1.82) is 0 Å². The number of hydrogen-bond acceptors (Lipinski definition) is 3. The minimum Gasteiger partial charge on any atom is -0.332 e. The number of amides is 2. The molecule has 0 radical (unpaired) electrons. The van der Waals surface area contributed by atoms with Crippen molar-refractivity contribution in [3.63, 3.8) is 0 Å². The van der Waals surface area contributed by atoms with E-state index in [0.717, 1.165) is 47.4 Å². The van der Waals surface area contributed by atoms with Gasteiger partial charge in [-0.3, -0.25) is 9.59 Å². The maximum atomic E-state index is 13.7. The second-order valence-electron chi connectivity index (χ2n) is 9.12. The third-order valence-corrected chi connectivity index (χ3v) is 7.44. The molecule has 0 atom stereocenters. The zero-order valence-electron chi connectivity index (χ0n) is 19.9. The summed E-state index contributed by atoms with van der Waals surface area (Å²) in [6.45, 7) is 2.70. The highest BCUT2D eigenvalue weighted by atomic mass is 32.1. The molecular formula is C28H30F2N2O2S. The Balaban J connectivity index is 1.58. The van der Waals surface area contributed by atoms with Gasteiger partial charge in [-0.1, -0.05) is 31.4 Å². The molecule has 4 rings (SSSR count). The van der Waals surface area contributed by atoms with Crippen molar-refractivity contribution in [3.8, 4) is 0 Å². The van der Waals surface area contributed by atoms with E-state index in [9.17, 15) is 18.4 Å². The lowest BCUT2D eigenvalue weighted by Crippen LogP contribution is -2.48. The van der Waals surface area contributed by atoms with Crippen molar-refractivity contribution in [1.82, 2.24) is 9.80 Å². The van der Waals surface area contributed by atoms with Crippen molar-refractivity contribution in [2.24, 2.45) is 0 Å². The van der Waals surface area contributed by atoms with Crippen LogP contribution in [0.2, 0.25) is 0 Å². The average molecular weight is 497 g/mol. The summed E-state index contributed by atoms with van der Waals surface area (Å²) in [7, 11) is 0. The van der Waals surface area contributed by atoms with Gasteiger partial charge in [0.1, 0.15) is 18.2 Å². The summed E-state index contributed by atoms with van der Waals surface area (Å²) < 4.78 is 26.9. The standard InChI is InChI=1S/C28H30F2N2O2S/c1-20-7-16-26(35-20)18-31(17-21-8-12-23(29)13-9-21)27(33)19-32(25-5-3-2-4-6-25)28(34)22-10-14-24(30)15-11-22/h7-16,25H,2-6,17-19H2,1H3. The summed E-state index contributed by atoms with van der Waals surface area (Å²) in [4.78, 5) is 32.7. The highest BCUT2D eigenvalue weighted by Crippen LogP contribution is 2.25. The van der Waals surface area contributed by atoms with Crippen molar-refractivity contribution < 1.29 is 18.4 Å². The predicted molar refractivity (Wildman–Crippen MR) is 134 cm³/mol. The van der Waals surface area contributed by atoms with E-state index in [0.29, 0.717) is 18.7 Å². The fourth-order valence-corrected chi connectivity index (χ4v) is 5.47. The fraction of sp³-hybridized carbons (Fsp3) is 0.357. The van der Waals surface area contributed by atoms with Gasteiger partial charge in [0.25, 0.3) is 5.91 Å². The number of benzene rings is 2. The van der Waals surface area contributed by atoms with Crippen LogP contribution in [0.1, 0.15) is 57.8 Å². The molecule has 0 spiro atoms. The largest absolute Gasteiger partial charge is 0.332 e. The number of carbonyl (C=O) groups excluding carboxylic acids is 2. The van der Waals surface area contributed by atoms with E-state index >= 15 is 0 Å². The first-order valence-electron chi connectivity index (χ1n) is 12.0. The van der Waals surface area contributed by atoms with Crippen LogP contribution in [0.4, 0.5) is 8.78 Å². The monoisotopic (exact) mass is 496 g/mol. The molecule has 1 heterocycles. The summed E-state index contributed by atoms with van der Waals surface area (Å²) in [6.07, 6.45) is 4.85. The van der Waals surface area contributed by atoms with Crippen LogP contribution in [0.5, 0.6) is 0 Å². The topological polar surface area (TPSA) is 40.6 Å². The Morgan fingerprint density at radius 2 is 1.49 bits per heavy atom. The number of hydrogen-bond donors (Lipinski definition) is 0. The highest BCUT2D eigenvalue weighted by Gasteiger charge is 2.30. The minimum atomic E-state index is -0.404. The molecule has 0 saturated heterocycles. The Kier molecular flexibility index (Phi) is 8.29. The first kappa shape index (κ1) is 25.0. The minimum absolute atomic E-state index is 0.0260. The van der Waals surface area contributed by atoms with Gasteiger partial charge in [0, 0.05) is 27.9 Å². The predicted octanol–water partition coefficient (Wildman–Crippen LogP) is 6.34. The Bertz CT molecular complexity index is 1140. The Morgan fingerprint density at radius 1 is 0.857 bits per heavy atom. The van der Waals surface area contributed by atoms with E-state index < -0.39 is 5.82 Å². The lowest BCUT2D eigenvalue weighted by molar-refractivity contribution is -0.133. The normalized spacial score (nSPS) is 14.0. The molecule has 184 valence electrons. The number of halogens is 2. The van der Waals surface area contributed by atoms with Crippen LogP contribution in [0.25, 0.3) is 0 Å². The molecular weight excluding hydrogens is 466 g/mol. The van der Waals surface area contributed by atoms with Gasteiger partial charge in [-0.05, 0) is 73.9 Å². The van der Waals surface area contributed by atoms with Crippen LogP contribution >= 0.6 is 11.3 Å². The van der Waals surface area contributed by atoms with Crippen LogP contribution in [-0.2, 0) is 17.9 Å². The molecule has 35 heavy (non-hydrogen) atoms. The molecule has 0 aliphatic heterocycles. The zero-order chi connectivity index (χ0) is 24.8. The molecule has 2 aromatic carbocycles. The number of rotatable bonds is 8. The number of carbonyl (C=O) groups is 2. The van der Waals surface area contributed by atoms with Crippen LogP contribution in [0.3, 0.4) is 0 Å². The molecule has 3 aromatic rings. The van der Waals surface area contributed by atoms with E-state index in [1.807, 2.05) is 19.1 Å². The van der Waals surface area contributed by atoms with Crippen molar-refractivity contribution in [2.75, 3.05) is 6.54 Å². The average Bonchev–Trinajstić information content (AvgIpc) is 3.28. The molecule has 2 amide bonds. The second kappa shape index (κ2) is 11.6. The second-order valence-corrected chi connectivity index (χ2v) is 10.5. The lowest BCUT2D eigenvalue weighted by atomic mass is 9.93. The summed E-state index contributed by atoms with van der Waals surface area (Å²) >= 11 is 1.63. The molecule has 1 aliphatic carbocycles. The van der Waals surface area contributed by atoms with Crippen LogP contribution in [0.15, 0.2) is 60.7 Å². The van der Waals surface area contributed by atoms with Crippen molar-refractivity contribution in [2.45, 2.75) is 58.2 Å². The Hall–Kier alpha value is -3.06. The van der Waals surface area contributed by atoms with Gasteiger partial charge in [-0.2, -0.15) is 0 Å². The van der Waals surface area contributed by atoms with E-state index in [-0.39, 0.29) is 30.2 Å². The Morgan fingerprint density at radius 3 is 2.09 bits per heavy atom. The number of aryl methyl sites for hydroxylation is 1. The van der Waals surface area contributed by atoms with E-state index in [1.54, 1.807) is 33.3 Å². The van der Waals surface area contributed by atoms with Crippen LogP contribution < -0.4 is 0 Å². The maximum Gasteiger partial charge on any atom is 0.254 e. The van der Waals surface area contributed by atoms with Gasteiger partial charge >= 0.3 is 0 Å². The quantitative estimate of drug-likeness (QED) is 0.365. The molecule has 1 aromatic heterocycles. The first-order valence-corrected chi connectivity index (χ1v) is 12.8. The molecule has 1 fully saturated rings. The van der Waals surface area contributed by atoms with E-state index in [4.69, 9.17) is 0 Å². The summed E-state index contributed by atoms with van der Waals surface area (Å²) in [6, 6.07) is 15.6. The summed E-state index contributed by atoms with van der Waals surface area (Å²) in [5, 5.41) is 0. The number of nitrogens with zero attached hydrogens (tertiary/aromatic N) is 2. The maximum absolute atomic E-state index is 13.7. The molecule has 1 saturated carbocycles. The van der Waals surface area contributed by atoms with Crippen LogP contribution in [0, 0.1) is 18.6 Å². The first-order chi connectivity index (χ1) is 16.9. The highest BCUT2D eigenvalue weighted by molar-refractivity contribution is 7.11. The lowest BCUT2D eigenvalue weighted by Gasteiger charge is -2.35. The molecule has 7 heteroatoms. The van der Waals surface area contributed by atoms with Crippen molar-refractivity contribution in [3.05, 3.63) is 93.2 Å². The summed E-state index contributed by atoms with van der Waals surface area (Å²) in [5.41, 5.74) is 1.20. The zero-order valence-corrected chi connectivity index (χ0v) is 20.7. The molecule has 1 aliphatic rings. The van der Waals surface area contributed by atoms with E-state index in [1.165, 1.54) is 36.4 Å². The van der Waals surface area contributed by atoms with Gasteiger partial charge in [-0.15, -0.1) is 11.3 Å². The van der Waals surface area contributed by atoms with Gasteiger partial charge in [-0.25, -0.2) is 8.78 Å². The molecule has 0 bridgehead atoms. The van der Waals surface area contributed by atoms with Gasteiger partial charge in [0.05, 0.1) is 6.54 Å². The molecule has 0 N–H and O–H groups in total.